The molecule has 1 N–H and O–H groups in total. The topological polar surface area (TPSA) is 12.0 Å². The first kappa shape index (κ1) is 8.70. The maximum absolute atomic E-state index is 13.0. The highest BCUT2D eigenvalue weighted by molar-refractivity contribution is 5.34. The molecule has 0 fully saturated rings. The quantitative estimate of drug-likeness (QED) is 0.697. The highest BCUT2D eigenvalue weighted by Crippen LogP contribution is 2.21. The average molecular weight is 179 g/mol. The van der Waals surface area contributed by atoms with E-state index in [0.29, 0.717) is 0 Å². The molecule has 0 bridgehead atoms. The molecule has 0 spiro atoms. The van der Waals surface area contributed by atoms with Crippen LogP contribution in [0.2, 0.25) is 0 Å². The third kappa shape index (κ3) is 1.73. The van der Waals surface area contributed by atoms with E-state index >= 15 is 0 Å². The molecule has 0 aliphatic carbocycles. The Morgan fingerprint density at radius 1 is 1.38 bits per heavy atom. The van der Waals surface area contributed by atoms with Gasteiger partial charge in [-0.3, -0.25) is 0 Å². The van der Waals surface area contributed by atoms with Gasteiger partial charge < -0.3 is 5.32 Å². The van der Waals surface area contributed by atoms with E-state index in [1.165, 1.54) is 11.1 Å². The standard InChI is InChI=1S/C11H14FN/c1-8(12)10-3-2-9-4-5-13-7-11(9)6-10/h2-3,6,8,13H,4-5,7H2,1H3. The molecule has 13 heavy (non-hydrogen) atoms. The number of alkyl halides is 1. The molecule has 2 rings (SSSR count). The van der Waals surface area contributed by atoms with Gasteiger partial charge in [0.15, 0.2) is 0 Å². The van der Waals surface area contributed by atoms with Crippen molar-refractivity contribution in [3.63, 3.8) is 0 Å². The van der Waals surface area contributed by atoms with Crippen LogP contribution < -0.4 is 5.32 Å². The lowest BCUT2D eigenvalue weighted by Crippen LogP contribution is -2.23. The normalized spacial score (nSPS) is 18.0. The highest BCUT2D eigenvalue weighted by atomic mass is 19.1. The zero-order chi connectivity index (χ0) is 9.26. The Hall–Kier alpha value is -0.890. The fraction of sp³-hybridized carbons (Fsp3) is 0.455. The third-order valence-electron chi connectivity index (χ3n) is 2.58. The molecule has 1 atom stereocenters. The van der Waals surface area contributed by atoms with E-state index in [-0.39, 0.29) is 0 Å². The van der Waals surface area contributed by atoms with E-state index in [1.54, 1.807) is 6.92 Å². The van der Waals surface area contributed by atoms with E-state index in [1.807, 2.05) is 12.1 Å². The molecule has 1 aliphatic rings. The molecule has 0 saturated carbocycles. The van der Waals surface area contributed by atoms with E-state index < -0.39 is 6.17 Å². The molecule has 0 amide bonds. The van der Waals surface area contributed by atoms with Crippen LogP contribution in [0.3, 0.4) is 0 Å². The largest absolute Gasteiger partial charge is 0.312 e. The minimum absolute atomic E-state index is 0.794. The maximum Gasteiger partial charge on any atom is 0.122 e. The van der Waals surface area contributed by atoms with Crippen LogP contribution in [-0.4, -0.2) is 6.54 Å². The third-order valence-corrected chi connectivity index (χ3v) is 2.58. The van der Waals surface area contributed by atoms with Crippen LogP contribution in [0.15, 0.2) is 18.2 Å². The van der Waals surface area contributed by atoms with Crippen molar-refractivity contribution in [3.05, 3.63) is 34.9 Å². The average Bonchev–Trinajstić information content (AvgIpc) is 2.17. The van der Waals surface area contributed by atoms with Crippen LogP contribution in [0.1, 0.15) is 29.8 Å². The number of hydrogen-bond acceptors (Lipinski definition) is 1. The number of fused-ring (bicyclic) bond motifs is 1. The molecule has 0 saturated heterocycles. The van der Waals surface area contributed by atoms with Crippen LogP contribution in [0, 0.1) is 0 Å². The van der Waals surface area contributed by atoms with Crippen molar-refractivity contribution in [1.82, 2.24) is 5.32 Å². The summed E-state index contributed by atoms with van der Waals surface area (Å²) in [4.78, 5) is 0. The monoisotopic (exact) mass is 179 g/mol. The Labute approximate surface area is 78.0 Å². The van der Waals surface area contributed by atoms with Gasteiger partial charge in [0.1, 0.15) is 6.17 Å². The lowest BCUT2D eigenvalue weighted by molar-refractivity contribution is 0.373. The lowest BCUT2D eigenvalue weighted by Gasteiger charge is -2.18. The molecule has 1 heterocycles. The van der Waals surface area contributed by atoms with E-state index in [4.69, 9.17) is 0 Å². The predicted molar refractivity (Wildman–Crippen MR) is 51.4 cm³/mol. The van der Waals surface area contributed by atoms with E-state index in [2.05, 4.69) is 11.4 Å². The van der Waals surface area contributed by atoms with Crippen LogP contribution in [-0.2, 0) is 13.0 Å². The summed E-state index contributed by atoms with van der Waals surface area (Å²) in [5.74, 6) is 0. The zero-order valence-corrected chi connectivity index (χ0v) is 7.81. The molecule has 0 aromatic heterocycles. The van der Waals surface area contributed by atoms with E-state index in [0.717, 1.165) is 25.1 Å². The molecule has 1 aromatic carbocycles. The minimum atomic E-state index is -0.854. The molecule has 0 radical (unpaired) electrons. The van der Waals surface area contributed by atoms with Gasteiger partial charge in [-0.15, -0.1) is 0 Å². The predicted octanol–water partition coefficient (Wildman–Crippen LogP) is 2.36. The number of nitrogens with one attached hydrogen (secondary N) is 1. The summed E-state index contributed by atoms with van der Waals surface area (Å²) in [6, 6.07) is 5.93. The first-order valence-corrected chi connectivity index (χ1v) is 4.74. The second-order valence-corrected chi connectivity index (χ2v) is 3.57. The summed E-state index contributed by atoms with van der Waals surface area (Å²) in [5, 5.41) is 3.28. The fourth-order valence-corrected chi connectivity index (χ4v) is 1.75. The first-order chi connectivity index (χ1) is 6.27. The van der Waals surface area contributed by atoms with Gasteiger partial charge >= 0.3 is 0 Å². The Morgan fingerprint density at radius 3 is 3.00 bits per heavy atom. The van der Waals surface area contributed by atoms with Gasteiger partial charge in [0.25, 0.3) is 0 Å². The van der Waals surface area contributed by atoms with Crippen molar-refractivity contribution < 1.29 is 4.39 Å². The lowest BCUT2D eigenvalue weighted by atomic mass is 9.97. The van der Waals surface area contributed by atoms with Gasteiger partial charge in [-0.25, -0.2) is 4.39 Å². The molecular weight excluding hydrogens is 165 g/mol. The summed E-state index contributed by atoms with van der Waals surface area (Å²) in [7, 11) is 0. The summed E-state index contributed by atoms with van der Waals surface area (Å²) < 4.78 is 13.0. The molecule has 1 nitrogen and oxygen atoms in total. The number of halogens is 1. The smallest absolute Gasteiger partial charge is 0.122 e. The van der Waals surface area contributed by atoms with Crippen molar-refractivity contribution in [2.75, 3.05) is 6.54 Å². The fourth-order valence-electron chi connectivity index (χ4n) is 1.75. The maximum atomic E-state index is 13.0. The summed E-state index contributed by atoms with van der Waals surface area (Å²) in [6.45, 7) is 3.51. The molecule has 1 aromatic rings. The number of hydrogen-bond donors (Lipinski definition) is 1. The Bertz CT molecular complexity index is 307. The molecule has 2 heteroatoms. The summed E-state index contributed by atoms with van der Waals surface area (Å²) in [6.07, 6.45) is 0.211. The van der Waals surface area contributed by atoms with Gasteiger partial charge in [0.2, 0.25) is 0 Å². The van der Waals surface area contributed by atoms with Gasteiger partial charge in [0, 0.05) is 6.54 Å². The second kappa shape index (κ2) is 3.46. The first-order valence-electron chi connectivity index (χ1n) is 4.74. The van der Waals surface area contributed by atoms with Crippen LogP contribution in [0.25, 0.3) is 0 Å². The Kier molecular flexibility index (Phi) is 2.32. The van der Waals surface area contributed by atoms with Crippen molar-refractivity contribution >= 4 is 0 Å². The highest BCUT2D eigenvalue weighted by Gasteiger charge is 2.10. The summed E-state index contributed by atoms with van der Waals surface area (Å²) >= 11 is 0. The number of benzene rings is 1. The van der Waals surface area contributed by atoms with E-state index in [9.17, 15) is 4.39 Å². The molecule has 1 unspecified atom stereocenters. The van der Waals surface area contributed by atoms with Gasteiger partial charge in [0.05, 0.1) is 0 Å². The minimum Gasteiger partial charge on any atom is -0.312 e. The molecule has 70 valence electrons. The molecule has 1 aliphatic heterocycles. The zero-order valence-electron chi connectivity index (χ0n) is 7.81. The van der Waals surface area contributed by atoms with Crippen LogP contribution in [0.4, 0.5) is 4.39 Å². The second-order valence-electron chi connectivity index (χ2n) is 3.57. The number of rotatable bonds is 1. The van der Waals surface area contributed by atoms with Crippen molar-refractivity contribution in [1.29, 1.82) is 0 Å². The van der Waals surface area contributed by atoms with Crippen LogP contribution in [0.5, 0.6) is 0 Å². The SMILES string of the molecule is CC(F)c1ccc2c(c1)CNCC2. The van der Waals surface area contributed by atoms with Gasteiger partial charge in [-0.05, 0) is 36.6 Å². The Morgan fingerprint density at radius 2 is 2.23 bits per heavy atom. The Balaban J connectivity index is 2.35. The van der Waals surface area contributed by atoms with Crippen molar-refractivity contribution in [2.24, 2.45) is 0 Å². The van der Waals surface area contributed by atoms with Gasteiger partial charge in [-0.2, -0.15) is 0 Å². The van der Waals surface area contributed by atoms with Gasteiger partial charge in [-0.1, -0.05) is 18.2 Å². The van der Waals surface area contributed by atoms with Crippen molar-refractivity contribution in [3.8, 4) is 0 Å². The summed E-state index contributed by atoms with van der Waals surface area (Å²) in [5.41, 5.74) is 3.42. The molecular formula is C11H14FN. The van der Waals surface area contributed by atoms with Crippen LogP contribution >= 0.6 is 0 Å². The van der Waals surface area contributed by atoms with Crippen molar-refractivity contribution in [2.45, 2.75) is 26.1 Å².